The maximum atomic E-state index is 11.3. The molecule has 2 heterocycles. The van der Waals surface area contributed by atoms with E-state index in [1.54, 1.807) is 0 Å². The number of hydrogen-bond donors (Lipinski definition) is 1. The normalized spacial score (nSPS) is 30.4. The number of piperidine rings is 1. The largest absolute Gasteiger partial charge is 0.388 e. The highest BCUT2D eigenvalue weighted by Crippen LogP contribution is 2.50. The smallest absolute Gasteiger partial charge is 0.0839 e. The topological polar surface area (TPSA) is 23.5 Å². The van der Waals surface area contributed by atoms with Gasteiger partial charge in [-0.05, 0) is 57.2 Å². The van der Waals surface area contributed by atoms with Gasteiger partial charge in [0, 0.05) is 18.0 Å². The molecule has 0 unspecified atom stereocenters. The average molecular weight is 335 g/mol. The van der Waals surface area contributed by atoms with Gasteiger partial charge in [-0.25, -0.2) is 0 Å². The van der Waals surface area contributed by atoms with Crippen molar-refractivity contribution in [2.75, 3.05) is 7.05 Å². The molecular weight excluding hydrogens is 306 g/mol. The fourth-order valence-corrected chi connectivity index (χ4v) is 5.10. The number of hydrogen-bond acceptors (Lipinski definition) is 2. The molecule has 2 nitrogen and oxygen atoms in total. The molecule has 1 N–H and O–H groups in total. The highest BCUT2D eigenvalue weighted by molar-refractivity contribution is 5.30. The molecule has 0 saturated carbocycles. The quantitative estimate of drug-likeness (QED) is 0.886. The van der Waals surface area contributed by atoms with Crippen molar-refractivity contribution in [3.05, 3.63) is 70.8 Å². The fourth-order valence-electron chi connectivity index (χ4n) is 5.10. The lowest BCUT2D eigenvalue weighted by atomic mass is 9.72. The fraction of sp³-hybridized carbons (Fsp3) is 0.478. The zero-order valence-electron chi connectivity index (χ0n) is 15.5. The minimum absolute atomic E-state index is 0.258. The van der Waals surface area contributed by atoms with Crippen molar-refractivity contribution in [3.8, 4) is 0 Å². The molecule has 2 aromatic carbocycles. The molecule has 2 aromatic rings. The summed E-state index contributed by atoms with van der Waals surface area (Å²) in [6.45, 7) is 4.24. The van der Waals surface area contributed by atoms with Gasteiger partial charge in [0.2, 0.25) is 0 Å². The van der Waals surface area contributed by atoms with Crippen molar-refractivity contribution in [2.45, 2.75) is 57.2 Å². The van der Waals surface area contributed by atoms with Gasteiger partial charge in [0.1, 0.15) is 0 Å². The Morgan fingerprint density at radius 2 is 1.52 bits per heavy atom. The zero-order chi connectivity index (χ0) is 17.6. The third-order valence-corrected chi connectivity index (χ3v) is 6.62. The maximum absolute atomic E-state index is 11.3. The van der Waals surface area contributed by atoms with Gasteiger partial charge in [-0.15, -0.1) is 0 Å². The highest BCUT2D eigenvalue weighted by atomic mass is 16.3. The van der Waals surface area contributed by atoms with Gasteiger partial charge in [-0.2, -0.15) is 0 Å². The summed E-state index contributed by atoms with van der Waals surface area (Å²) in [7, 11) is 2.25. The van der Waals surface area contributed by atoms with Crippen LogP contribution in [0.1, 0.15) is 53.5 Å². The first-order chi connectivity index (χ1) is 12.0. The Morgan fingerprint density at radius 3 is 2.16 bits per heavy atom. The van der Waals surface area contributed by atoms with E-state index in [0.717, 1.165) is 12.0 Å². The summed E-state index contributed by atoms with van der Waals surface area (Å²) in [6.07, 6.45) is 3.22. The van der Waals surface area contributed by atoms with Gasteiger partial charge in [-0.3, -0.25) is 0 Å². The van der Waals surface area contributed by atoms with Crippen molar-refractivity contribution >= 4 is 0 Å². The predicted octanol–water partition coefficient (Wildman–Crippen LogP) is 4.60. The third-order valence-electron chi connectivity index (χ3n) is 6.62. The van der Waals surface area contributed by atoms with E-state index < -0.39 is 6.10 Å². The molecule has 2 fully saturated rings. The maximum Gasteiger partial charge on any atom is 0.0839 e. The zero-order valence-corrected chi connectivity index (χ0v) is 15.5. The molecule has 132 valence electrons. The minimum atomic E-state index is -0.404. The van der Waals surface area contributed by atoms with Gasteiger partial charge in [0.05, 0.1) is 6.10 Å². The summed E-state index contributed by atoms with van der Waals surface area (Å²) in [5, 5.41) is 11.3. The van der Waals surface area contributed by atoms with Crippen molar-refractivity contribution in [3.63, 3.8) is 0 Å². The van der Waals surface area contributed by atoms with Crippen LogP contribution in [0, 0.1) is 19.8 Å². The van der Waals surface area contributed by atoms with Crippen LogP contribution >= 0.6 is 0 Å². The van der Waals surface area contributed by atoms with E-state index in [-0.39, 0.29) is 5.92 Å². The number of benzene rings is 2. The number of fused-ring (bicyclic) bond motifs is 2. The second-order valence-electron chi connectivity index (χ2n) is 8.15. The summed E-state index contributed by atoms with van der Waals surface area (Å²) in [5.41, 5.74) is 5.00. The van der Waals surface area contributed by atoms with Crippen molar-refractivity contribution in [1.29, 1.82) is 0 Å². The SMILES string of the molecule is Cc1ccc([C@H]2C[C@@H]3CC[C@H]([C@@H]2[C@@H](O)c2ccc(C)cc2)N3C)cc1. The van der Waals surface area contributed by atoms with E-state index in [0.29, 0.717) is 18.0 Å². The number of aliphatic hydroxyl groups excluding tert-OH is 1. The van der Waals surface area contributed by atoms with Crippen LogP contribution in [0.4, 0.5) is 0 Å². The van der Waals surface area contributed by atoms with Crippen LogP contribution in [0.5, 0.6) is 0 Å². The van der Waals surface area contributed by atoms with Gasteiger partial charge < -0.3 is 10.0 Å². The Bertz CT molecular complexity index is 721. The van der Waals surface area contributed by atoms with Gasteiger partial charge in [-0.1, -0.05) is 59.7 Å². The molecule has 0 spiro atoms. The summed E-state index contributed by atoms with van der Waals surface area (Å²) < 4.78 is 0. The molecule has 25 heavy (non-hydrogen) atoms. The lowest BCUT2D eigenvalue weighted by Gasteiger charge is -2.45. The molecule has 2 aliphatic heterocycles. The van der Waals surface area contributed by atoms with Gasteiger partial charge in [0.15, 0.2) is 0 Å². The second kappa shape index (κ2) is 6.59. The molecule has 0 aromatic heterocycles. The second-order valence-corrected chi connectivity index (χ2v) is 8.15. The summed E-state index contributed by atoms with van der Waals surface area (Å²) in [6, 6.07) is 18.6. The molecular formula is C23H29NO. The van der Waals surface area contributed by atoms with E-state index in [2.05, 4.69) is 74.3 Å². The summed E-state index contributed by atoms with van der Waals surface area (Å²) in [4.78, 5) is 2.53. The van der Waals surface area contributed by atoms with Gasteiger partial charge in [0.25, 0.3) is 0 Å². The van der Waals surface area contributed by atoms with E-state index >= 15 is 0 Å². The Labute approximate surface area is 151 Å². The Balaban J connectivity index is 1.71. The number of aliphatic hydroxyl groups is 1. The van der Waals surface area contributed by atoms with Crippen molar-refractivity contribution in [1.82, 2.24) is 4.90 Å². The lowest BCUT2D eigenvalue weighted by Crippen LogP contribution is -2.47. The first-order valence-electron chi connectivity index (χ1n) is 9.57. The number of rotatable bonds is 3. The predicted molar refractivity (Wildman–Crippen MR) is 103 cm³/mol. The Kier molecular flexibility index (Phi) is 4.43. The first-order valence-corrected chi connectivity index (χ1v) is 9.57. The molecule has 2 bridgehead atoms. The molecule has 4 rings (SSSR count). The van der Waals surface area contributed by atoms with Crippen molar-refractivity contribution in [2.24, 2.45) is 5.92 Å². The lowest BCUT2D eigenvalue weighted by molar-refractivity contribution is 0.00309. The van der Waals surface area contributed by atoms with Gasteiger partial charge >= 0.3 is 0 Å². The van der Waals surface area contributed by atoms with Crippen LogP contribution in [-0.4, -0.2) is 29.1 Å². The van der Waals surface area contributed by atoms with Crippen LogP contribution in [0.2, 0.25) is 0 Å². The number of nitrogens with zero attached hydrogens (tertiary/aromatic N) is 1. The van der Waals surface area contributed by atoms with Crippen LogP contribution in [-0.2, 0) is 0 Å². The summed E-state index contributed by atoms with van der Waals surface area (Å²) in [5.74, 6) is 0.694. The van der Waals surface area contributed by atoms with E-state index in [4.69, 9.17) is 0 Å². The molecule has 0 amide bonds. The standard InChI is InChI=1S/C23H29NO/c1-15-4-8-17(9-5-15)20-14-19-12-13-21(24(19)3)22(20)23(25)18-10-6-16(2)7-11-18/h4-11,19-23,25H,12-14H2,1-3H3/t19-,20+,21+,22+,23-/m0/s1. The summed E-state index contributed by atoms with van der Waals surface area (Å²) >= 11 is 0. The third kappa shape index (κ3) is 3.02. The van der Waals surface area contributed by atoms with Crippen LogP contribution in [0.25, 0.3) is 0 Å². The molecule has 2 heteroatoms. The molecule has 2 saturated heterocycles. The average Bonchev–Trinajstić information content (AvgIpc) is 2.85. The van der Waals surface area contributed by atoms with E-state index in [9.17, 15) is 5.11 Å². The monoisotopic (exact) mass is 335 g/mol. The van der Waals surface area contributed by atoms with E-state index in [1.807, 2.05) is 0 Å². The minimum Gasteiger partial charge on any atom is -0.388 e. The first kappa shape index (κ1) is 16.8. The molecule has 2 aliphatic rings. The number of aryl methyl sites for hydroxylation is 2. The van der Waals surface area contributed by atoms with Crippen LogP contribution in [0.15, 0.2) is 48.5 Å². The molecule has 5 atom stereocenters. The van der Waals surface area contributed by atoms with Crippen molar-refractivity contribution < 1.29 is 5.11 Å². The Morgan fingerprint density at radius 1 is 0.920 bits per heavy atom. The van der Waals surface area contributed by atoms with E-state index in [1.165, 1.54) is 29.5 Å². The molecule has 0 aliphatic carbocycles. The van der Waals surface area contributed by atoms with Crippen LogP contribution in [0.3, 0.4) is 0 Å². The molecule has 0 radical (unpaired) electrons. The Hall–Kier alpha value is -1.64. The van der Waals surface area contributed by atoms with Crippen LogP contribution < -0.4 is 0 Å². The highest BCUT2D eigenvalue weighted by Gasteiger charge is 2.48.